The molecule has 1 saturated carbocycles. The molecule has 1 aliphatic carbocycles. The van der Waals surface area contributed by atoms with Crippen LogP contribution < -0.4 is 4.74 Å². The summed E-state index contributed by atoms with van der Waals surface area (Å²) in [4.78, 5) is 0. The highest BCUT2D eigenvalue weighted by atomic mass is 19.2. The second kappa shape index (κ2) is 10.4. The molecule has 0 unspecified atom stereocenters. The Labute approximate surface area is 196 Å². The molecule has 0 aliphatic heterocycles. The monoisotopic (exact) mass is 470 g/mol. The third-order valence-electron chi connectivity index (χ3n) is 6.62. The van der Waals surface area contributed by atoms with E-state index in [9.17, 15) is 17.6 Å². The maximum Gasteiger partial charge on any atom is 0.201 e. The number of hydrogen-bond donors (Lipinski definition) is 1. The summed E-state index contributed by atoms with van der Waals surface area (Å²) in [5.74, 6) is -3.74. The van der Waals surface area contributed by atoms with E-state index in [0.29, 0.717) is 29.5 Å². The Kier molecular flexibility index (Phi) is 7.37. The average molecular weight is 471 g/mol. The molecule has 0 atom stereocenters. The molecular formula is C28H26F4O2. The first-order valence-corrected chi connectivity index (χ1v) is 11.3. The molecule has 4 rings (SSSR count). The van der Waals surface area contributed by atoms with Crippen molar-refractivity contribution in [2.75, 3.05) is 7.11 Å². The minimum atomic E-state index is -1.02. The fraction of sp³-hybridized carbons (Fsp3) is 0.286. The Morgan fingerprint density at radius 3 is 2.18 bits per heavy atom. The first kappa shape index (κ1) is 24.0. The summed E-state index contributed by atoms with van der Waals surface area (Å²) < 4.78 is 62.7. The second-order valence-corrected chi connectivity index (χ2v) is 8.64. The van der Waals surface area contributed by atoms with Crippen LogP contribution in [-0.2, 0) is 6.61 Å². The summed E-state index contributed by atoms with van der Waals surface area (Å²) in [6.45, 7) is -0.111. The molecular weight excluding hydrogens is 444 g/mol. The molecule has 0 aromatic heterocycles. The van der Waals surface area contributed by atoms with Crippen LogP contribution in [-0.4, -0.2) is 12.2 Å². The molecule has 178 valence electrons. The summed E-state index contributed by atoms with van der Waals surface area (Å²) in [7, 11) is 1.28. The van der Waals surface area contributed by atoms with Crippen molar-refractivity contribution in [1.29, 1.82) is 0 Å². The molecule has 1 N–H and O–H groups in total. The van der Waals surface area contributed by atoms with Crippen LogP contribution in [0, 0.1) is 29.2 Å². The minimum absolute atomic E-state index is 0.0971. The number of hydrogen-bond acceptors (Lipinski definition) is 2. The first-order valence-electron chi connectivity index (χ1n) is 11.3. The third kappa shape index (κ3) is 4.87. The van der Waals surface area contributed by atoms with Gasteiger partial charge in [0, 0.05) is 11.1 Å². The van der Waals surface area contributed by atoms with Gasteiger partial charge in [0.1, 0.15) is 0 Å². The third-order valence-corrected chi connectivity index (χ3v) is 6.62. The predicted molar refractivity (Wildman–Crippen MR) is 124 cm³/mol. The van der Waals surface area contributed by atoms with Crippen LogP contribution in [0.2, 0.25) is 0 Å². The fourth-order valence-electron chi connectivity index (χ4n) is 4.59. The van der Waals surface area contributed by atoms with E-state index in [1.165, 1.54) is 19.2 Å². The summed E-state index contributed by atoms with van der Waals surface area (Å²) >= 11 is 0. The Morgan fingerprint density at radius 1 is 0.824 bits per heavy atom. The molecule has 34 heavy (non-hydrogen) atoms. The van der Waals surface area contributed by atoms with Gasteiger partial charge in [-0.2, -0.15) is 4.39 Å². The normalized spacial score (nSPS) is 18.4. The smallest absolute Gasteiger partial charge is 0.201 e. The lowest BCUT2D eigenvalue weighted by Crippen LogP contribution is -2.13. The highest BCUT2D eigenvalue weighted by Crippen LogP contribution is 2.39. The van der Waals surface area contributed by atoms with Gasteiger partial charge in [-0.3, -0.25) is 0 Å². The van der Waals surface area contributed by atoms with E-state index in [4.69, 9.17) is 9.84 Å². The van der Waals surface area contributed by atoms with Crippen LogP contribution in [0.25, 0.3) is 17.2 Å². The average Bonchev–Trinajstić information content (AvgIpc) is 2.87. The van der Waals surface area contributed by atoms with Gasteiger partial charge in [-0.25, -0.2) is 13.2 Å². The second-order valence-electron chi connectivity index (χ2n) is 8.64. The number of benzene rings is 3. The maximum atomic E-state index is 15.0. The van der Waals surface area contributed by atoms with Crippen LogP contribution in [0.3, 0.4) is 0 Å². The lowest BCUT2D eigenvalue weighted by molar-refractivity contribution is 0.282. The molecule has 0 spiro atoms. The molecule has 1 fully saturated rings. The SMILES string of the molecule is COc1ccc(/C=C/C2CCC(c3ccc(-c4ccc(CO)cc4)c(F)c3F)CC2)c(F)c1F. The van der Waals surface area contributed by atoms with Gasteiger partial charge in [-0.15, -0.1) is 0 Å². The van der Waals surface area contributed by atoms with Crippen molar-refractivity contribution < 1.29 is 27.4 Å². The van der Waals surface area contributed by atoms with Crippen molar-refractivity contribution in [3.05, 3.63) is 94.6 Å². The highest BCUT2D eigenvalue weighted by molar-refractivity contribution is 5.65. The molecule has 3 aromatic carbocycles. The van der Waals surface area contributed by atoms with E-state index in [1.54, 1.807) is 42.5 Å². The van der Waals surface area contributed by atoms with E-state index >= 15 is 0 Å². The van der Waals surface area contributed by atoms with Gasteiger partial charge >= 0.3 is 0 Å². The fourth-order valence-corrected chi connectivity index (χ4v) is 4.59. The van der Waals surface area contributed by atoms with Crippen molar-refractivity contribution in [2.24, 2.45) is 5.92 Å². The summed E-state index contributed by atoms with van der Waals surface area (Å²) in [6.07, 6.45) is 6.26. The number of halogens is 4. The largest absolute Gasteiger partial charge is 0.494 e. The molecule has 6 heteroatoms. The Hall–Kier alpha value is -3.12. The van der Waals surface area contributed by atoms with E-state index in [0.717, 1.165) is 12.8 Å². The number of aliphatic hydroxyl groups excluding tert-OH is 1. The number of allylic oxidation sites excluding steroid dienone is 1. The van der Waals surface area contributed by atoms with Crippen LogP contribution in [0.4, 0.5) is 17.6 Å². The van der Waals surface area contributed by atoms with Gasteiger partial charge in [0.05, 0.1) is 13.7 Å². The van der Waals surface area contributed by atoms with Crippen LogP contribution >= 0.6 is 0 Å². The lowest BCUT2D eigenvalue weighted by atomic mass is 9.78. The summed E-state index contributed by atoms with van der Waals surface area (Å²) in [6, 6.07) is 12.8. The molecule has 3 aromatic rings. The first-order chi connectivity index (χ1) is 16.4. The van der Waals surface area contributed by atoms with Crippen molar-refractivity contribution >= 4 is 6.08 Å². The van der Waals surface area contributed by atoms with Gasteiger partial charge in [-0.1, -0.05) is 48.6 Å². The number of aliphatic hydroxyl groups is 1. The topological polar surface area (TPSA) is 29.5 Å². The van der Waals surface area contributed by atoms with E-state index in [2.05, 4.69) is 0 Å². The standard InChI is InChI=1S/C28H26F4O2/c1-34-24-15-12-21(25(29)28(24)32)11-4-17-2-7-19(8-3-17)22-13-14-23(27(31)26(22)30)20-9-5-18(16-33)6-10-20/h4-6,9-15,17,19,33H,2-3,7-8,16H2,1H3/b11-4+. The van der Waals surface area contributed by atoms with Crippen LogP contribution in [0.15, 0.2) is 54.6 Å². The molecule has 0 amide bonds. The molecule has 0 radical (unpaired) electrons. The van der Waals surface area contributed by atoms with Crippen LogP contribution in [0.1, 0.15) is 48.3 Å². The molecule has 2 nitrogen and oxygen atoms in total. The van der Waals surface area contributed by atoms with E-state index in [1.807, 2.05) is 6.08 Å². The lowest BCUT2D eigenvalue weighted by Gasteiger charge is -2.27. The van der Waals surface area contributed by atoms with Crippen molar-refractivity contribution in [3.63, 3.8) is 0 Å². The summed E-state index contributed by atoms with van der Waals surface area (Å²) in [5.41, 5.74) is 1.97. The molecule has 1 aliphatic rings. The summed E-state index contributed by atoms with van der Waals surface area (Å²) in [5, 5.41) is 9.16. The van der Waals surface area contributed by atoms with E-state index < -0.39 is 23.3 Å². The zero-order valence-corrected chi connectivity index (χ0v) is 18.8. The van der Waals surface area contributed by atoms with E-state index in [-0.39, 0.29) is 35.3 Å². The van der Waals surface area contributed by atoms with Crippen molar-refractivity contribution in [3.8, 4) is 16.9 Å². The van der Waals surface area contributed by atoms with Gasteiger partial charge in [-0.05, 0) is 66.3 Å². The van der Waals surface area contributed by atoms with Gasteiger partial charge in [0.15, 0.2) is 23.2 Å². The molecule has 0 saturated heterocycles. The van der Waals surface area contributed by atoms with Gasteiger partial charge < -0.3 is 9.84 Å². The zero-order chi connectivity index (χ0) is 24.2. The molecule has 0 bridgehead atoms. The van der Waals surface area contributed by atoms with Gasteiger partial charge in [0.25, 0.3) is 0 Å². The van der Waals surface area contributed by atoms with Crippen molar-refractivity contribution in [1.82, 2.24) is 0 Å². The zero-order valence-electron chi connectivity index (χ0n) is 18.8. The number of rotatable bonds is 6. The Bertz CT molecular complexity index is 1180. The van der Waals surface area contributed by atoms with Crippen molar-refractivity contribution in [2.45, 2.75) is 38.2 Å². The Morgan fingerprint density at radius 2 is 1.53 bits per heavy atom. The Balaban J connectivity index is 1.43. The highest BCUT2D eigenvalue weighted by Gasteiger charge is 2.26. The number of methoxy groups -OCH3 is 1. The maximum absolute atomic E-state index is 15.0. The molecule has 0 heterocycles. The minimum Gasteiger partial charge on any atom is -0.494 e. The van der Waals surface area contributed by atoms with Gasteiger partial charge in [0.2, 0.25) is 5.82 Å². The predicted octanol–water partition coefficient (Wildman–Crippen LogP) is 7.40. The number of ether oxygens (including phenoxy) is 1. The van der Waals surface area contributed by atoms with Crippen LogP contribution in [0.5, 0.6) is 5.75 Å². The quantitative estimate of drug-likeness (QED) is 0.381.